The minimum atomic E-state index is -3.37. The molecule has 1 heterocycles. The quantitative estimate of drug-likeness (QED) is 0.768. The van der Waals surface area contributed by atoms with Gasteiger partial charge in [-0.1, -0.05) is 30.3 Å². The predicted octanol–water partition coefficient (Wildman–Crippen LogP) is 2.78. The van der Waals surface area contributed by atoms with Crippen molar-refractivity contribution in [1.29, 1.82) is 0 Å². The summed E-state index contributed by atoms with van der Waals surface area (Å²) in [6.07, 6.45) is 1.65. The van der Waals surface area contributed by atoms with Gasteiger partial charge in [-0.15, -0.1) is 11.6 Å². The molecular formula is C15H17ClN2O2S. The first-order valence-corrected chi connectivity index (χ1v) is 8.63. The van der Waals surface area contributed by atoms with Crippen LogP contribution < -0.4 is 0 Å². The zero-order valence-corrected chi connectivity index (χ0v) is 13.3. The molecule has 0 spiro atoms. The van der Waals surface area contributed by atoms with Gasteiger partial charge in [0.05, 0.1) is 18.0 Å². The topological polar surface area (TPSA) is 50.3 Å². The number of rotatable bonds is 6. The number of halogens is 1. The van der Waals surface area contributed by atoms with Gasteiger partial charge in [0, 0.05) is 19.1 Å². The number of sulfonamides is 1. The SMILES string of the molecule is CN(Cc1ccccn1)S(=O)(=O)Cc1ccc(CCl)cc1. The lowest BCUT2D eigenvalue weighted by molar-refractivity contribution is 0.461. The largest absolute Gasteiger partial charge is 0.260 e. The molecule has 0 N–H and O–H groups in total. The Bertz CT molecular complexity index is 673. The minimum Gasteiger partial charge on any atom is -0.260 e. The van der Waals surface area contributed by atoms with Crippen molar-refractivity contribution in [3.05, 3.63) is 65.5 Å². The summed E-state index contributed by atoms with van der Waals surface area (Å²) in [5.41, 5.74) is 2.44. The number of alkyl halides is 1. The highest BCUT2D eigenvalue weighted by Crippen LogP contribution is 2.13. The summed E-state index contributed by atoms with van der Waals surface area (Å²) in [5, 5.41) is 0. The zero-order chi connectivity index (χ0) is 15.3. The van der Waals surface area contributed by atoms with Gasteiger partial charge >= 0.3 is 0 Å². The van der Waals surface area contributed by atoms with Crippen LogP contribution in [-0.4, -0.2) is 24.8 Å². The molecule has 0 radical (unpaired) electrons. The van der Waals surface area contributed by atoms with Crippen molar-refractivity contribution in [2.45, 2.75) is 18.2 Å². The summed E-state index contributed by atoms with van der Waals surface area (Å²) in [7, 11) is -1.80. The summed E-state index contributed by atoms with van der Waals surface area (Å²) >= 11 is 5.72. The van der Waals surface area contributed by atoms with E-state index >= 15 is 0 Å². The van der Waals surface area contributed by atoms with Crippen LogP contribution in [0.2, 0.25) is 0 Å². The van der Waals surface area contributed by atoms with Crippen LogP contribution in [0.3, 0.4) is 0 Å². The third-order valence-electron chi connectivity index (χ3n) is 3.11. The Kier molecular flexibility index (Phi) is 5.33. The number of nitrogens with zero attached hydrogens (tertiary/aromatic N) is 2. The van der Waals surface area contributed by atoms with E-state index in [-0.39, 0.29) is 12.3 Å². The molecule has 2 rings (SSSR count). The monoisotopic (exact) mass is 324 g/mol. The zero-order valence-electron chi connectivity index (χ0n) is 11.7. The van der Waals surface area contributed by atoms with Gasteiger partial charge in [0.25, 0.3) is 0 Å². The molecule has 2 aromatic rings. The van der Waals surface area contributed by atoms with Crippen molar-refractivity contribution in [3.8, 4) is 0 Å². The fraction of sp³-hybridized carbons (Fsp3) is 0.267. The second kappa shape index (κ2) is 7.02. The summed E-state index contributed by atoms with van der Waals surface area (Å²) < 4.78 is 26.0. The predicted molar refractivity (Wildman–Crippen MR) is 84.3 cm³/mol. The Hall–Kier alpha value is -1.43. The average molecular weight is 325 g/mol. The van der Waals surface area contributed by atoms with E-state index in [1.807, 2.05) is 18.2 Å². The maximum atomic E-state index is 12.3. The molecule has 0 saturated carbocycles. The normalized spacial score (nSPS) is 11.8. The third-order valence-corrected chi connectivity index (χ3v) is 5.20. The molecule has 0 saturated heterocycles. The molecule has 6 heteroatoms. The van der Waals surface area contributed by atoms with Gasteiger partial charge in [0.15, 0.2) is 0 Å². The van der Waals surface area contributed by atoms with Gasteiger partial charge in [-0.3, -0.25) is 4.98 Å². The van der Waals surface area contributed by atoms with E-state index in [1.54, 1.807) is 37.5 Å². The van der Waals surface area contributed by atoms with Gasteiger partial charge in [-0.25, -0.2) is 8.42 Å². The lowest BCUT2D eigenvalue weighted by Crippen LogP contribution is -2.28. The first-order valence-electron chi connectivity index (χ1n) is 6.49. The molecule has 21 heavy (non-hydrogen) atoms. The van der Waals surface area contributed by atoms with Crippen molar-refractivity contribution < 1.29 is 8.42 Å². The van der Waals surface area contributed by atoms with Crippen LogP contribution in [0.25, 0.3) is 0 Å². The highest BCUT2D eigenvalue weighted by molar-refractivity contribution is 7.88. The van der Waals surface area contributed by atoms with Gasteiger partial charge < -0.3 is 0 Å². The number of hydrogen-bond acceptors (Lipinski definition) is 3. The van der Waals surface area contributed by atoms with Crippen LogP contribution in [0.4, 0.5) is 0 Å². The second-order valence-electron chi connectivity index (χ2n) is 4.78. The van der Waals surface area contributed by atoms with Gasteiger partial charge in [-0.05, 0) is 23.3 Å². The van der Waals surface area contributed by atoms with Crippen LogP contribution in [-0.2, 0) is 28.2 Å². The van der Waals surface area contributed by atoms with E-state index in [4.69, 9.17) is 11.6 Å². The molecule has 1 aromatic heterocycles. The molecule has 4 nitrogen and oxygen atoms in total. The maximum Gasteiger partial charge on any atom is 0.218 e. The Morgan fingerprint density at radius 3 is 2.33 bits per heavy atom. The number of hydrogen-bond donors (Lipinski definition) is 0. The molecule has 1 aromatic carbocycles. The lowest BCUT2D eigenvalue weighted by atomic mass is 10.2. The molecule has 0 atom stereocenters. The van der Waals surface area contributed by atoms with E-state index < -0.39 is 10.0 Å². The van der Waals surface area contributed by atoms with Crippen LogP contribution >= 0.6 is 11.6 Å². The van der Waals surface area contributed by atoms with Crippen LogP contribution in [0.5, 0.6) is 0 Å². The number of benzene rings is 1. The summed E-state index contributed by atoms with van der Waals surface area (Å²) in [4.78, 5) is 4.14. The van der Waals surface area contributed by atoms with Crippen molar-refractivity contribution >= 4 is 21.6 Å². The Labute approximate surface area is 130 Å². The van der Waals surface area contributed by atoms with Crippen LogP contribution in [0.1, 0.15) is 16.8 Å². The molecule has 0 bridgehead atoms. The van der Waals surface area contributed by atoms with Crippen LogP contribution in [0, 0.1) is 0 Å². The van der Waals surface area contributed by atoms with E-state index in [2.05, 4.69) is 4.98 Å². The highest BCUT2D eigenvalue weighted by atomic mass is 35.5. The number of aromatic nitrogens is 1. The summed E-state index contributed by atoms with van der Waals surface area (Å²) in [6, 6.07) is 12.7. The van der Waals surface area contributed by atoms with Crippen molar-refractivity contribution in [1.82, 2.24) is 9.29 Å². The second-order valence-corrected chi connectivity index (χ2v) is 7.13. The lowest BCUT2D eigenvalue weighted by Gasteiger charge is -2.16. The van der Waals surface area contributed by atoms with Crippen molar-refractivity contribution in [2.24, 2.45) is 0 Å². The molecule has 0 aliphatic heterocycles. The van der Waals surface area contributed by atoms with E-state index in [9.17, 15) is 8.42 Å². The first-order chi connectivity index (χ1) is 10.0. The molecule has 112 valence electrons. The third kappa shape index (κ3) is 4.52. The maximum absolute atomic E-state index is 12.3. The van der Waals surface area contributed by atoms with Crippen molar-refractivity contribution in [2.75, 3.05) is 7.05 Å². The molecule has 0 aliphatic carbocycles. The molecule has 0 fully saturated rings. The fourth-order valence-electron chi connectivity index (χ4n) is 1.86. The van der Waals surface area contributed by atoms with Gasteiger partial charge in [0.2, 0.25) is 10.0 Å². The molecule has 0 unspecified atom stereocenters. The fourth-order valence-corrected chi connectivity index (χ4v) is 3.20. The van der Waals surface area contributed by atoms with Crippen molar-refractivity contribution in [3.63, 3.8) is 0 Å². The summed E-state index contributed by atoms with van der Waals surface area (Å²) in [6.45, 7) is 0.267. The highest BCUT2D eigenvalue weighted by Gasteiger charge is 2.19. The minimum absolute atomic E-state index is 0.0289. The van der Waals surface area contributed by atoms with Gasteiger partial charge in [0.1, 0.15) is 0 Å². The average Bonchev–Trinajstić information content (AvgIpc) is 2.48. The molecular weight excluding hydrogens is 308 g/mol. The Morgan fingerprint density at radius 2 is 1.76 bits per heavy atom. The summed E-state index contributed by atoms with van der Waals surface area (Å²) in [5.74, 6) is 0.394. The Balaban J connectivity index is 2.06. The van der Waals surface area contributed by atoms with Crippen LogP contribution in [0.15, 0.2) is 48.7 Å². The first kappa shape index (κ1) is 15.9. The Morgan fingerprint density at radius 1 is 1.10 bits per heavy atom. The standard InChI is InChI=1S/C15H17ClN2O2S/c1-18(11-15-4-2-3-9-17-15)21(19,20)12-14-7-5-13(10-16)6-8-14/h2-9H,10-12H2,1H3. The van der Waals surface area contributed by atoms with E-state index in [1.165, 1.54) is 4.31 Å². The van der Waals surface area contributed by atoms with E-state index in [0.29, 0.717) is 5.88 Å². The van der Waals surface area contributed by atoms with E-state index in [0.717, 1.165) is 16.8 Å². The smallest absolute Gasteiger partial charge is 0.218 e. The van der Waals surface area contributed by atoms with Gasteiger partial charge in [-0.2, -0.15) is 4.31 Å². The number of pyridine rings is 1. The molecule has 0 aliphatic rings. The molecule has 0 amide bonds.